The number of hydrogen-bond acceptors (Lipinski definition) is 4. The number of nitrogens with one attached hydrogen (secondary N) is 2. The molecule has 0 aliphatic rings. The molecule has 150 valence electrons. The fourth-order valence-electron chi connectivity index (χ4n) is 2.66. The molecule has 0 fully saturated rings. The molecule has 0 radical (unpaired) electrons. The Labute approximate surface area is 174 Å². The Morgan fingerprint density at radius 3 is 2.41 bits per heavy atom. The Morgan fingerprint density at radius 2 is 1.72 bits per heavy atom. The summed E-state index contributed by atoms with van der Waals surface area (Å²) in [7, 11) is 0. The number of unbranched alkanes of at least 4 members (excludes halogenated alkanes) is 1. The first-order valence-electron chi connectivity index (χ1n) is 9.45. The number of carbonyl (C=O) groups excluding carboxylic acids is 2. The van der Waals surface area contributed by atoms with Crippen molar-refractivity contribution in [2.45, 2.75) is 26.3 Å². The third-order valence-corrected chi connectivity index (χ3v) is 4.61. The lowest BCUT2D eigenvalue weighted by atomic mass is 10.1. The van der Waals surface area contributed by atoms with E-state index in [1.807, 2.05) is 12.1 Å². The van der Waals surface area contributed by atoms with Crippen LogP contribution in [0.2, 0.25) is 5.02 Å². The number of hydrogen-bond donors (Lipinski definition) is 2. The molecule has 2 aromatic carbocycles. The predicted molar refractivity (Wildman–Crippen MR) is 112 cm³/mol. The number of carbonyl (C=O) groups is 2. The second-order valence-corrected chi connectivity index (χ2v) is 7.01. The third kappa shape index (κ3) is 5.68. The molecule has 29 heavy (non-hydrogen) atoms. The Bertz CT molecular complexity index is 966. The molecule has 0 unspecified atom stereocenters. The van der Waals surface area contributed by atoms with Crippen LogP contribution in [-0.2, 0) is 6.54 Å². The van der Waals surface area contributed by atoms with Crippen LogP contribution in [0.1, 0.15) is 46.2 Å². The van der Waals surface area contributed by atoms with Crippen molar-refractivity contribution >= 4 is 23.4 Å². The zero-order chi connectivity index (χ0) is 20.6. The molecule has 0 atom stereocenters. The Kier molecular flexibility index (Phi) is 7.03. The number of rotatable bonds is 8. The molecule has 0 saturated heterocycles. The van der Waals surface area contributed by atoms with Crippen LogP contribution in [0.25, 0.3) is 11.3 Å². The van der Waals surface area contributed by atoms with Crippen molar-refractivity contribution in [2.75, 3.05) is 6.54 Å². The number of amides is 2. The van der Waals surface area contributed by atoms with Gasteiger partial charge >= 0.3 is 0 Å². The van der Waals surface area contributed by atoms with E-state index in [0.717, 1.165) is 24.0 Å². The van der Waals surface area contributed by atoms with E-state index in [4.69, 9.17) is 16.1 Å². The molecule has 0 aliphatic heterocycles. The second-order valence-electron chi connectivity index (χ2n) is 6.57. The van der Waals surface area contributed by atoms with Crippen molar-refractivity contribution in [1.29, 1.82) is 0 Å². The van der Waals surface area contributed by atoms with Crippen LogP contribution in [0.3, 0.4) is 0 Å². The molecule has 1 heterocycles. The molecule has 0 aliphatic carbocycles. The highest BCUT2D eigenvalue weighted by atomic mass is 35.5. The summed E-state index contributed by atoms with van der Waals surface area (Å²) in [5.74, 6) is 0.0620. The van der Waals surface area contributed by atoms with E-state index in [2.05, 4.69) is 22.7 Å². The van der Waals surface area contributed by atoms with Crippen LogP contribution in [0.15, 0.2) is 59.1 Å². The zero-order valence-corrected chi connectivity index (χ0v) is 16.8. The van der Waals surface area contributed by atoms with Gasteiger partial charge in [0.1, 0.15) is 0 Å². The van der Waals surface area contributed by atoms with Gasteiger partial charge < -0.3 is 15.2 Å². The summed E-state index contributed by atoms with van der Waals surface area (Å²) in [6, 6.07) is 15.8. The first kappa shape index (κ1) is 20.6. The minimum atomic E-state index is -0.338. The molecular formula is C22H22ClN3O3. The van der Waals surface area contributed by atoms with Gasteiger partial charge in [-0.05, 0) is 48.4 Å². The van der Waals surface area contributed by atoms with Crippen LogP contribution in [-0.4, -0.2) is 23.5 Å². The molecule has 3 aromatic rings. The van der Waals surface area contributed by atoms with E-state index >= 15 is 0 Å². The van der Waals surface area contributed by atoms with Gasteiger partial charge in [0.25, 0.3) is 11.8 Å². The first-order valence-corrected chi connectivity index (χ1v) is 9.82. The van der Waals surface area contributed by atoms with Crippen LogP contribution >= 0.6 is 11.6 Å². The average Bonchev–Trinajstić information content (AvgIpc) is 3.23. The molecular weight excluding hydrogens is 390 g/mol. The van der Waals surface area contributed by atoms with Gasteiger partial charge in [0.15, 0.2) is 11.5 Å². The van der Waals surface area contributed by atoms with Crippen LogP contribution in [0.5, 0.6) is 0 Å². The maximum absolute atomic E-state index is 12.3. The topological polar surface area (TPSA) is 84.2 Å². The normalized spacial score (nSPS) is 10.6. The average molecular weight is 412 g/mol. The van der Waals surface area contributed by atoms with Crippen molar-refractivity contribution in [3.63, 3.8) is 0 Å². The lowest BCUT2D eigenvalue weighted by molar-refractivity contribution is 0.0936. The summed E-state index contributed by atoms with van der Waals surface area (Å²) in [6.07, 6.45) is 1.99. The maximum atomic E-state index is 12.3. The van der Waals surface area contributed by atoms with Crippen LogP contribution in [0.4, 0.5) is 0 Å². The predicted octanol–water partition coefficient (Wildman–Crippen LogP) is 4.45. The van der Waals surface area contributed by atoms with Gasteiger partial charge in [-0.15, -0.1) is 0 Å². The maximum Gasteiger partial charge on any atom is 0.273 e. The molecule has 3 rings (SSSR count). The fourth-order valence-corrected chi connectivity index (χ4v) is 2.79. The number of aromatic nitrogens is 1. The SMILES string of the molecule is CCCCNC(=O)c1ccc(CNC(=O)c2cc(-c3ccc(Cl)cc3)on2)cc1. The molecule has 1 aromatic heterocycles. The van der Waals surface area contributed by atoms with Gasteiger partial charge in [-0.25, -0.2) is 0 Å². The third-order valence-electron chi connectivity index (χ3n) is 4.36. The van der Waals surface area contributed by atoms with Gasteiger partial charge in [0.2, 0.25) is 0 Å². The zero-order valence-electron chi connectivity index (χ0n) is 16.1. The van der Waals surface area contributed by atoms with E-state index < -0.39 is 0 Å². The van der Waals surface area contributed by atoms with E-state index in [1.165, 1.54) is 0 Å². The number of halogens is 1. The van der Waals surface area contributed by atoms with Crippen molar-refractivity contribution in [3.05, 3.63) is 76.4 Å². The molecule has 0 saturated carbocycles. The molecule has 0 spiro atoms. The smallest absolute Gasteiger partial charge is 0.273 e. The Morgan fingerprint density at radius 1 is 1.00 bits per heavy atom. The molecule has 0 bridgehead atoms. The van der Waals surface area contributed by atoms with Crippen molar-refractivity contribution < 1.29 is 14.1 Å². The molecule has 6 nitrogen and oxygen atoms in total. The standard InChI is InChI=1S/C22H22ClN3O3/c1-2-3-12-24-21(27)17-6-4-15(5-7-17)14-25-22(28)19-13-20(29-26-19)16-8-10-18(23)11-9-16/h4-11,13H,2-3,12,14H2,1H3,(H,24,27)(H,25,28). The fraction of sp³-hybridized carbons (Fsp3) is 0.227. The second kappa shape index (κ2) is 9.89. The van der Waals surface area contributed by atoms with Gasteiger partial charge in [0.05, 0.1) is 0 Å². The first-order chi connectivity index (χ1) is 14.1. The lowest BCUT2D eigenvalue weighted by Gasteiger charge is -2.06. The van der Waals surface area contributed by atoms with E-state index in [1.54, 1.807) is 42.5 Å². The molecule has 7 heteroatoms. The number of benzene rings is 2. The van der Waals surface area contributed by atoms with Gasteiger partial charge in [-0.3, -0.25) is 9.59 Å². The van der Waals surface area contributed by atoms with Crippen molar-refractivity contribution in [3.8, 4) is 11.3 Å². The molecule has 2 amide bonds. The molecule has 2 N–H and O–H groups in total. The Balaban J connectivity index is 1.54. The summed E-state index contributed by atoms with van der Waals surface area (Å²) in [4.78, 5) is 24.3. The van der Waals surface area contributed by atoms with Gasteiger partial charge in [-0.2, -0.15) is 0 Å². The lowest BCUT2D eigenvalue weighted by Crippen LogP contribution is -2.25. The highest BCUT2D eigenvalue weighted by molar-refractivity contribution is 6.30. The quantitative estimate of drug-likeness (QED) is 0.536. The number of nitrogens with zero attached hydrogens (tertiary/aromatic N) is 1. The van der Waals surface area contributed by atoms with Gasteiger partial charge in [0, 0.05) is 35.3 Å². The van der Waals surface area contributed by atoms with Gasteiger partial charge in [-0.1, -0.05) is 42.2 Å². The summed E-state index contributed by atoms with van der Waals surface area (Å²) >= 11 is 5.88. The minimum Gasteiger partial charge on any atom is -0.355 e. The van der Waals surface area contributed by atoms with E-state index in [9.17, 15) is 9.59 Å². The van der Waals surface area contributed by atoms with Crippen molar-refractivity contribution in [1.82, 2.24) is 15.8 Å². The summed E-state index contributed by atoms with van der Waals surface area (Å²) in [5, 5.41) is 10.1. The largest absolute Gasteiger partial charge is 0.355 e. The Hall–Kier alpha value is -3.12. The summed E-state index contributed by atoms with van der Waals surface area (Å²) in [6.45, 7) is 3.06. The minimum absolute atomic E-state index is 0.0913. The van der Waals surface area contributed by atoms with E-state index in [0.29, 0.717) is 29.4 Å². The van der Waals surface area contributed by atoms with Crippen LogP contribution in [0, 0.1) is 0 Å². The highest BCUT2D eigenvalue weighted by Gasteiger charge is 2.13. The van der Waals surface area contributed by atoms with Crippen LogP contribution < -0.4 is 10.6 Å². The summed E-state index contributed by atoms with van der Waals surface area (Å²) < 4.78 is 5.25. The monoisotopic (exact) mass is 411 g/mol. The van der Waals surface area contributed by atoms with E-state index in [-0.39, 0.29) is 17.5 Å². The summed E-state index contributed by atoms with van der Waals surface area (Å²) in [5.41, 5.74) is 2.46. The van der Waals surface area contributed by atoms with Crippen molar-refractivity contribution in [2.24, 2.45) is 0 Å². The highest BCUT2D eigenvalue weighted by Crippen LogP contribution is 2.22.